The van der Waals surface area contributed by atoms with E-state index in [1.807, 2.05) is 6.92 Å². The van der Waals surface area contributed by atoms with E-state index < -0.39 is 5.91 Å². The van der Waals surface area contributed by atoms with Crippen molar-refractivity contribution in [2.45, 2.75) is 6.92 Å². The van der Waals surface area contributed by atoms with E-state index in [1.54, 1.807) is 24.0 Å². The number of hydrogen-bond acceptors (Lipinski definition) is 3. The number of primary amides is 1. The molecule has 0 aliphatic rings. The molecule has 72 valence electrons. The highest BCUT2D eigenvalue weighted by Gasteiger charge is 2.06. The van der Waals surface area contributed by atoms with Crippen molar-refractivity contribution in [3.63, 3.8) is 0 Å². The summed E-state index contributed by atoms with van der Waals surface area (Å²) < 4.78 is 1.65. The molecular weight excluding hydrogens is 180 g/mol. The summed E-state index contributed by atoms with van der Waals surface area (Å²) in [5, 5.41) is 12.6. The van der Waals surface area contributed by atoms with Crippen molar-refractivity contribution in [3.05, 3.63) is 23.0 Å². The highest BCUT2D eigenvalue weighted by Crippen LogP contribution is 2.10. The Labute approximate surface area is 81.4 Å². The highest BCUT2D eigenvalue weighted by atomic mass is 16.1. The maximum absolute atomic E-state index is 10.8. The first-order valence-corrected chi connectivity index (χ1v) is 3.96. The molecule has 0 aliphatic carbocycles. The lowest BCUT2D eigenvalue weighted by Gasteiger charge is -1.94. The van der Waals surface area contributed by atoms with Crippen LogP contribution in [0.4, 0.5) is 0 Å². The molecule has 0 saturated carbocycles. The van der Waals surface area contributed by atoms with E-state index in [-0.39, 0.29) is 5.57 Å². The number of carbonyl (C=O) groups is 1. The lowest BCUT2D eigenvalue weighted by atomic mass is 10.1. The SMILES string of the molecule is Cc1c(/C=C(\C#N)C(N)=O)cnn1C. The third kappa shape index (κ3) is 1.80. The van der Waals surface area contributed by atoms with Gasteiger partial charge in [-0.3, -0.25) is 9.48 Å². The van der Waals surface area contributed by atoms with Crippen LogP contribution in [0.1, 0.15) is 11.3 Å². The van der Waals surface area contributed by atoms with Gasteiger partial charge in [-0.25, -0.2) is 0 Å². The molecule has 0 aliphatic heterocycles. The van der Waals surface area contributed by atoms with Crippen molar-refractivity contribution in [1.29, 1.82) is 5.26 Å². The number of nitriles is 1. The summed E-state index contributed by atoms with van der Waals surface area (Å²) >= 11 is 0. The van der Waals surface area contributed by atoms with Crippen molar-refractivity contribution < 1.29 is 4.79 Å². The molecule has 0 unspecified atom stereocenters. The molecule has 1 aromatic rings. The number of hydrogen-bond donors (Lipinski definition) is 1. The van der Waals surface area contributed by atoms with Gasteiger partial charge in [0.15, 0.2) is 0 Å². The normalized spacial score (nSPS) is 11.1. The van der Waals surface area contributed by atoms with Gasteiger partial charge in [0.2, 0.25) is 0 Å². The van der Waals surface area contributed by atoms with Crippen LogP contribution in [0.3, 0.4) is 0 Å². The molecule has 0 saturated heterocycles. The summed E-state index contributed by atoms with van der Waals surface area (Å²) in [6, 6.07) is 1.74. The first kappa shape index (κ1) is 9.99. The smallest absolute Gasteiger partial charge is 0.259 e. The number of amides is 1. The molecule has 1 amide bonds. The number of nitrogens with zero attached hydrogens (tertiary/aromatic N) is 3. The Hall–Kier alpha value is -2.09. The Bertz CT molecular complexity index is 436. The van der Waals surface area contributed by atoms with Gasteiger partial charge in [-0.05, 0) is 13.0 Å². The van der Waals surface area contributed by atoms with Crippen molar-refractivity contribution in [1.82, 2.24) is 9.78 Å². The van der Waals surface area contributed by atoms with Gasteiger partial charge < -0.3 is 5.73 Å². The molecule has 5 heteroatoms. The predicted octanol–water partition coefficient (Wildman–Crippen LogP) is 0.121. The molecule has 0 fully saturated rings. The molecular formula is C9H10N4O. The van der Waals surface area contributed by atoms with Crippen molar-refractivity contribution in [3.8, 4) is 6.07 Å². The zero-order valence-electron chi connectivity index (χ0n) is 7.98. The van der Waals surface area contributed by atoms with Crippen LogP contribution in [-0.4, -0.2) is 15.7 Å². The summed E-state index contributed by atoms with van der Waals surface area (Å²) in [5.74, 6) is -0.726. The maximum Gasteiger partial charge on any atom is 0.259 e. The average molecular weight is 190 g/mol. The van der Waals surface area contributed by atoms with Crippen LogP contribution in [0.15, 0.2) is 11.8 Å². The third-order valence-corrected chi connectivity index (χ3v) is 1.96. The Morgan fingerprint density at radius 1 is 1.79 bits per heavy atom. The summed E-state index contributed by atoms with van der Waals surface area (Å²) in [7, 11) is 1.78. The quantitative estimate of drug-likeness (QED) is 0.531. The monoisotopic (exact) mass is 190 g/mol. The van der Waals surface area contributed by atoms with Crippen molar-refractivity contribution in [2.24, 2.45) is 12.8 Å². The molecule has 1 aromatic heterocycles. The number of rotatable bonds is 2. The fourth-order valence-corrected chi connectivity index (χ4v) is 0.971. The Balaban J connectivity index is 3.15. The minimum Gasteiger partial charge on any atom is -0.365 e. The molecule has 0 bridgehead atoms. The molecule has 0 spiro atoms. The van der Waals surface area contributed by atoms with E-state index in [2.05, 4.69) is 5.10 Å². The Kier molecular flexibility index (Phi) is 2.67. The zero-order chi connectivity index (χ0) is 10.7. The highest BCUT2D eigenvalue weighted by molar-refractivity contribution is 6.00. The second kappa shape index (κ2) is 3.75. The van der Waals surface area contributed by atoms with Crippen LogP contribution < -0.4 is 5.73 Å². The fraction of sp³-hybridized carbons (Fsp3) is 0.222. The number of nitrogens with two attached hydrogens (primary N) is 1. The van der Waals surface area contributed by atoms with E-state index in [9.17, 15) is 4.79 Å². The largest absolute Gasteiger partial charge is 0.365 e. The predicted molar refractivity (Wildman–Crippen MR) is 50.7 cm³/mol. The van der Waals surface area contributed by atoms with Gasteiger partial charge in [-0.1, -0.05) is 0 Å². The van der Waals surface area contributed by atoms with Crippen LogP contribution in [0.5, 0.6) is 0 Å². The first-order valence-electron chi connectivity index (χ1n) is 3.96. The minimum atomic E-state index is -0.726. The van der Waals surface area contributed by atoms with Crippen molar-refractivity contribution in [2.75, 3.05) is 0 Å². The maximum atomic E-state index is 10.8. The summed E-state index contributed by atoms with van der Waals surface area (Å²) in [5.41, 5.74) is 6.53. The first-order chi connectivity index (χ1) is 6.56. The van der Waals surface area contributed by atoms with Crippen LogP contribution in [0, 0.1) is 18.3 Å². The molecule has 0 aromatic carbocycles. The molecule has 14 heavy (non-hydrogen) atoms. The lowest BCUT2D eigenvalue weighted by molar-refractivity contribution is -0.114. The standard InChI is InChI=1S/C9H10N4O/c1-6-8(5-12-13(6)2)3-7(4-10)9(11)14/h3,5H,1-2H3,(H2,11,14)/b7-3+. The molecule has 0 radical (unpaired) electrons. The molecule has 5 nitrogen and oxygen atoms in total. The van der Waals surface area contributed by atoms with Crippen LogP contribution >= 0.6 is 0 Å². The molecule has 2 N–H and O–H groups in total. The van der Waals surface area contributed by atoms with E-state index in [0.717, 1.165) is 11.3 Å². The molecule has 1 rings (SSSR count). The third-order valence-electron chi connectivity index (χ3n) is 1.96. The van der Waals surface area contributed by atoms with E-state index in [0.29, 0.717) is 0 Å². The van der Waals surface area contributed by atoms with Crippen molar-refractivity contribution >= 4 is 12.0 Å². The summed E-state index contributed by atoms with van der Waals surface area (Å²) in [6.45, 7) is 1.84. The van der Waals surface area contributed by atoms with Crippen LogP contribution in [-0.2, 0) is 11.8 Å². The van der Waals surface area contributed by atoms with Gasteiger partial charge in [-0.2, -0.15) is 10.4 Å². The second-order valence-corrected chi connectivity index (χ2v) is 2.84. The van der Waals surface area contributed by atoms with E-state index in [4.69, 9.17) is 11.0 Å². The molecule has 0 atom stereocenters. The van der Waals surface area contributed by atoms with E-state index in [1.165, 1.54) is 6.08 Å². The zero-order valence-corrected chi connectivity index (χ0v) is 7.98. The van der Waals surface area contributed by atoms with Gasteiger partial charge in [0.25, 0.3) is 5.91 Å². The van der Waals surface area contributed by atoms with Gasteiger partial charge in [-0.15, -0.1) is 0 Å². The minimum absolute atomic E-state index is 0.0684. The number of aromatic nitrogens is 2. The lowest BCUT2D eigenvalue weighted by Crippen LogP contribution is -2.12. The summed E-state index contributed by atoms with van der Waals surface area (Å²) in [4.78, 5) is 10.8. The summed E-state index contributed by atoms with van der Waals surface area (Å²) in [6.07, 6.45) is 3.01. The number of carbonyl (C=O) groups excluding carboxylic acids is 1. The topological polar surface area (TPSA) is 84.7 Å². The van der Waals surface area contributed by atoms with Gasteiger partial charge in [0.1, 0.15) is 11.6 Å². The number of aryl methyl sites for hydroxylation is 1. The average Bonchev–Trinajstić information content (AvgIpc) is 2.44. The van der Waals surface area contributed by atoms with Gasteiger partial charge in [0, 0.05) is 18.3 Å². The van der Waals surface area contributed by atoms with Crippen LogP contribution in [0.25, 0.3) is 6.08 Å². The second-order valence-electron chi connectivity index (χ2n) is 2.84. The molecule has 1 heterocycles. The fourth-order valence-electron chi connectivity index (χ4n) is 0.971. The van der Waals surface area contributed by atoms with Gasteiger partial charge in [0.05, 0.1) is 6.20 Å². The Morgan fingerprint density at radius 3 is 2.79 bits per heavy atom. The van der Waals surface area contributed by atoms with Crippen LogP contribution in [0.2, 0.25) is 0 Å². The Morgan fingerprint density at radius 2 is 2.43 bits per heavy atom. The van der Waals surface area contributed by atoms with E-state index >= 15 is 0 Å². The van der Waals surface area contributed by atoms with Gasteiger partial charge >= 0.3 is 0 Å².